The number of anilines is 1. The van der Waals surface area contributed by atoms with Crippen LogP contribution in [0.5, 0.6) is 5.75 Å². The van der Waals surface area contributed by atoms with Gasteiger partial charge >= 0.3 is 0 Å². The zero-order valence-electron chi connectivity index (χ0n) is 14.1. The number of nitrogens with zero attached hydrogens (tertiary/aromatic N) is 1. The Balaban J connectivity index is 2.14. The molecule has 26 heavy (non-hydrogen) atoms. The second kappa shape index (κ2) is 7.74. The average molecular weight is 408 g/mol. The van der Waals surface area contributed by atoms with Gasteiger partial charge in [-0.2, -0.15) is 0 Å². The van der Waals surface area contributed by atoms with Crippen molar-refractivity contribution in [3.05, 3.63) is 63.0 Å². The molecule has 2 aromatic rings. The number of para-hydroxylation sites is 1. The van der Waals surface area contributed by atoms with Crippen LogP contribution in [0.2, 0.25) is 10.0 Å². The smallest absolute Gasteiger partial charge is 0.272 e. The minimum absolute atomic E-state index is 0.278. The standard InChI is InChI=1S/C19H15Cl2NO3S/c1-3-26-17-16(12-6-4-5-7-15(12)25-2)18(23)22(19(17)24)11-8-9-13(20)14(21)10-11/h4-10H,3H2,1-2H3. The van der Waals surface area contributed by atoms with Crippen LogP contribution in [0.25, 0.3) is 5.57 Å². The van der Waals surface area contributed by atoms with Crippen molar-refractivity contribution >= 4 is 58.0 Å². The number of methoxy groups -OCH3 is 1. The van der Waals surface area contributed by atoms with Gasteiger partial charge in [0.25, 0.3) is 11.8 Å². The van der Waals surface area contributed by atoms with E-state index in [1.54, 1.807) is 30.3 Å². The molecule has 0 N–H and O–H groups in total. The first-order chi connectivity index (χ1) is 12.5. The number of amides is 2. The van der Waals surface area contributed by atoms with E-state index in [-0.39, 0.29) is 10.9 Å². The summed E-state index contributed by atoms with van der Waals surface area (Å²) in [7, 11) is 1.53. The molecule has 0 aromatic heterocycles. The zero-order valence-corrected chi connectivity index (χ0v) is 16.4. The van der Waals surface area contributed by atoms with E-state index >= 15 is 0 Å². The van der Waals surface area contributed by atoms with Crippen molar-refractivity contribution in [1.29, 1.82) is 0 Å². The topological polar surface area (TPSA) is 46.6 Å². The zero-order chi connectivity index (χ0) is 18.8. The van der Waals surface area contributed by atoms with E-state index in [4.69, 9.17) is 27.9 Å². The van der Waals surface area contributed by atoms with Crippen LogP contribution in [0.1, 0.15) is 12.5 Å². The predicted molar refractivity (Wildman–Crippen MR) is 107 cm³/mol. The number of carbonyl (C=O) groups is 2. The fraction of sp³-hybridized carbons (Fsp3) is 0.158. The number of hydrogen-bond donors (Lipinski definition) is 0. The molecule has 0 saturated carbocycles. The lowest BCUT2D eigenvalue weighted by Crippen LogP contribution is -2.31. The summed E-state index contributed by atoms with van der Waals surface area (Å²) in [5.41, 5.74) is 1.31. The Bertz CT molecular complexity index is 927. The first-order valence-corrected chi connectivity index (χ1v) is 9.58. The molecule has 0 unspecified atom stereocenters. The molecule has 1 aliphatic heterocycles. The highest BCUT2D eigenvalue weighted by Crippen LogP contribution is 2.41. The van der Waals surface area contributed by atoms with Crippen molar-refractivity contribution in [2.75, 3.05) is 17.8 Å². The van der Waals surface area contributed by atoms with E-state index in [0.29, 0.717) is 38.3 Å². The lowest BCUT2D eigenvalue weighted by Gasteiger charge is -2.16. The minimum atomic E-state index is -0.408. The third-order valence-corrected chi connectivity index (χ3v) is 5.56. The maximum Gasteiger partial charge on any atom is 0.272 e. The average Bonchev–Trinajstić information content (AvgIpc) is 2.88. The third kappa shape index (κ3) is 3.22. The molecule has 2 aromatic carbocycles. The predicted octanol–water partition coefficient (Wildman–Crippen LogP) is 5.04. The van der Waals surface area contributed by atoms with Gasteiger partial charge in [-0.3, -0.25) is 9.59 Å². The molecular weight excluding hydrogens is 393 g/mol. The molecule has 0 spiro atoms. The summed E-state index contributed by atoms with van der Waals surface area (Å²) in [6, 6.07) is 11.8. The van der Waals surface area contributed by atoms with Crippen LogP contribution in [-0.2, 0) is 9.59 Å². The van der Waals surface area contributed by atoms with Crippen molar-refractivity contribution in [1.82, 2.24) is 0 Å². The SMILES string of the molecule is CCSC1=C(c2ccccc2OC)C(=O)N(c2ccc(Cl)c(Cl)c2)C1=O. The van der Waals surface area contributed by atoms with E-state index in [1.807, 2.05) is 13.0 Å². The Morgan fingerprint density at radius 3 is 2.42 bits per heavy atom. The van der Waals surface area contributed by atoms with Gasteiger partial charge < -0.3 is 4.74 Å². The molecule has 3 rings (SSSR count). The Hall–Kier alpha value is -1.95. The molecule has 7 heteroatoms. The maximum absolute atomic E-state index is 13.2. The lowest BCUT2D eigenvalue weighted by atomic mass is 10.0. The fourth-order valence-electron chi connectivity index (χ4n) is 2.74. The van der Waals surface area contributed by atoms with Crippen molar-refractivity contribution in [2.24, 2.45) is 0 Å². The summed E-state index contributed by atoms with van der Waals surface area (Å²) in [6.45, 7) is 1.93. The molecule has 0 aliphatic carbocycles. The van der Waals surface area contributed by atoms with Gasteiger partial charge in [-0.15, -0.1) is 11.8 Å². The number of imide groups is 1. The summed E-state index contributed by atoms with van der Waals surface area (Å²) >= 11 is 13.3. The van der Waals surface area contributed by atoms with Gasteiger partial charge in [0.15, 0.2) is 0 Å². The van der Waals surface area contributed by atoms with Gasteiger partial charge in [-0.25, -0.2) is 4.90 Å². The summed E-state index contributed by atoms with van der Waals surface area (Å²) in [6.07, 6.45) is 0. The molecule has 0 radical (unpaired) electrons. The molecule has 2 amide bonds. The van der Waals surface area contributed by atoms with E-state index < -0.39 is 5.91 Å². The molecule has 0 fully saturated rings. The Morgan fingerprint density at radius 1 is 1.04 bits per heavy atom. The Kier molecular flexibility index (Phi) is 5.61. The van der Waals surface area contributed by atoms with E-state index in [0.717, 1.165) is 4.90 Å². The van der Waals surface area contributed by atoms with Gasteiger partial charge in [0, 0.05) is 5.56 Å². The van der Waals surface area contributed by atoms with Crippen LogP contribution in [0.4, 0.5) is 5.69 Å². The van der Waals surface area contributed by atoms with E-state index in [9.17, 15) is 9.59 Å². The highest BCUT2D eigenvalue weighted by molar-refractivity contribution is 8.04. The summed E-state index contributed by atoms with van der Waals surface area (Å²) < 4.78 is 5.38. The molecular formula is C19H15Cl2NO3S. The summed E-state index contributed by atoms with van der Waals surface area (Å²) in [4.78, 5) is 27.7. The van der Waals surface area contributed by atoms with Crippen LogP contribution < -0.4 is 9.64 Å². The molecule has 1 aliphatic rings. The number of benzene rings is 2. The number of rotatable bonds is 5. The van der Waals surface area contributed by atoms with Gasteiger partial charge in [-0.1, -0.05) is 48.3 Å². The number of halogens is 2. The lowest BCUT2D eigenvalue weighted by molar-refractivity contribution is -0.119. The number of hydrogen-bond acceptors (Lipinski definition) is 4. The fourth-order valence-corrected chi connectivity index (χ4v) is 3.87. The third-order valence-electron chi connectivity index (χ3n) is 3.87. The second-order valence-electron chi connectivity index (χ2n) is 5.38. The quantitative estimate of drug-likeness (QED) is 0.651. The van der Waals surface area contributed by atoms with Crippen LogP contribution >= 0.6 is 35.0 Å². The molecule has 0 bridgehead atoms. The van der Waals surface area contributed by atoms with Crippen LogP contribution in [0, 0.1) is 0 Å². The monoisotopic (exact) mass is 407 g/mol. The number of carbonyl (C=O) groups excluding carboxylic acids is 2. The molecule has 4 nitrogen and oxygen atoms in total. The van der Waals surface area contributed by atoms with Crippen LogP contribution in [0.3, 0.4) is 0 Å². The van der Waals surface area contributed by atoms with E-state index in [2.05, 4.69) is 0 Å². The van der Waals surface area contributed by atoms with Crippen molar-refractivity contribution in [3.8, 4) is 5.75 Å². The summed E-state index contributed by atoms with van der Waals surface area (Å²) in [5, 5.41) is 0.635. The molecule has 134 valence electrons. The first-order valence-electron chi connectivity index (χ1n) is 7.83. The first kappa shape index (κ1) is 18.8. The van der Waals surface area contributed by atoms with Gasteiger partial charge in [-0.05, 0) is 30.0 Å². The molecule has 0 atom stereocenters. The minimum Gasteiger partial charge on any atom is -0.496 e. The maximum atomic E-state index is 13.2. The van der Waals surface area contributed by atoms with Crippen LogP contribution in [0.15, 0.2) is 47.4 Å². The largest absolute Gasteiger partial charge is 0.496 e. The second-order valence-corrected chi connectivity index (χ2v) is 7.47. The van der Waals surface area contributed by atoms with Crippen molar-refractivity contribution in [2.45, 2.75) is 6.92 Å². The number of ether oxygens (including phenoxy) is 1. The van der Waals surface area contributed by atoms with E-state index in [1.165, 1.54) is 24.9 Å². The summed E-state index contributed by atoms with van der Waals surface area (Å²) in [5.74, 6) is 0.409. The molecule has 0 saturated heterocycles. The van der Waals surface area contributed by atoms with Crippen molar-refractivity contribution in [3.63, 3.8) is 0 Å². The van der Waals surface area contributed by atoms with Gasteiger partial charge in [0.1, 0.15) is 5.75 Å². The normalized spacial score (nSPS) is 14.4. The Labute approximate surface area is 165 Å². The highest BCUT2D eigenvalue weighted by Gasteiger charge is 2.41. The molecule has 1 heterocycles. The van der Waals surface area contributed by atoms with Gasteiger partial charge in [0.05, 0.1) is 33.3 Å². The highest BCUT2D eigenvalue weighted by atomic mass is 35.5. The Morgan fingerprint density at radius 2 is 1.77 bits per heavy atom. The number of thioether (sulfide) groups is 1. The van der Waals surface area contributed by atoms with Crippen molar-refractivity contribution < 1.29 is 14.3 Å². The van der Waals surface area contributed by atoms with Crippen LogP contribution in [-0.4, -0.2) is 24.7 Å². The van der Waals surface area contributed by atoms with Gasteiger partial charge in [0.2, 0.25) is 0 Å².